The van der Waals surface area contributed by atoms with E-state index in [-0.39, 0.29) is 59.1 Å². The average Bonchev–Trinajstić information content (AvgIpc) is 1.39. The van der Waals surface area contributed by atoms with Gasteiger partial charge in [0.05, 0.1) is 0 Å². The van der Waals surface area contributed by atoms with Gasteiger partial charge in [-0.25, -0.2) is 0 Å². The minimum Gasteiger partial charge on any atom is -0.746 e. The number of hydrogen-bond acceptors (Lipinski definition) is 4. The average molecular weight is 168 g/mol. The van der Waals surface area contributed by atoms with Gasteiger partial charge in [0, 0.05) is 0 Å². The molecular formula is C2H2Na2O2S2. The maximum absolute atomic E-state index is 8.62. The van der Waals surface area contributed by atoms with Crippen LogP contribution in [0.1, 0.15) is 0 Å². The van der Waals surface area contributed by atoms with Gasteiger partial charge in [0.25, 0.3) is 0 Å². The summed E-state index contributed by atoms with van der Waals surface area (Å²) in [6.45, 7) is 0. The van der Waals surface area contributed by atoms with Gasteiger partial charge < -0.3 is 34.8 Å². The summed E-state index contributed by atoms with van der Waals surface area (Å²) in [6.07, 6.45) is 0. The predicted molar refractivity (Wildman–Crippen MR) is 28.2 cm³/mol. The molecule has 0 unspecified atom stereocenters. The molecule has 0 aliphatic heterocycles. The molecule has 0 amide bonds. The Morgan fingerprint density at radius 3 is 0.875 bits per heavy atom. The fourth-order valence-electron chi connectivity index (χ4n) is 0. The summed E-state index contributed by atoms with van der Waals surface area (Å²) >= 11 is 7.43. The Kier molecular flexibility index (Phi) is 105. The molecule has 0 radical (unpaired) electrons. The molecule has 8 heavy (non-hydrogen) atoms. The Morgan fingerprint density at radius 2 is 0.875 bits per heavy atom. The van der Waals surface area contributed by atoms with Gasteiger partial charge in [0.15, 0.2) is 0 Å². The van der Waals surface area contributed by atoms with E-state index in [1.165, 1.54) is 0 Å². The van der Waals surface area contributed by atoms with Crippen molar-refractivity contribution in [1.82, 2.24) is 0 Å². The number of carbonyl (C=O) groups is 2. The van der Waals surface area contributed by atoms with E-state index < -0.39 is 0 Å². The van der Waals surface area contributed by atoms with Crippen LogP contribution in [0.5, 0.6) is 0 Å². The van der Waals surface area contributed by atoms with Gasteiger partial charge in [-0.2, -0.15) is 0 Å². The van der Waals surface area contributed by atoms with Crippen LogP contribution in [0, 0.1) is 0 Å². The number of carbonyl (C=O) groups excluding carboxylic acids is 2. The van der Waals surface area contributed by atoms with E-state index in [2.05, 4.69) is 25.3 Å². The van der Waals surface area contributed by atoms with Gasteiger partial charge in [0.2, 0.25) is 0 Å². The van der Waals surface area contributed by atoms with Gasteiger partial charge in [0.1, 0.15) is 0 Å². The molecule has 0 aromatic heterocycles. The number of hydrogen-bond donors (Lipinski definition) is 0. The van der Waals surface area contributed by atoms with Crippen molar-refractivity contribution in [3.8, 4) is 0 Å². The predicted octanol–water partition coefficient (Wildman–Crippen LogP) is -6.54. The van der Waals surface area contributed by atoms with Gasteiger partial charge in [-0.1, -0.05) is 0 Å². The standard InChI is InChI=1S/2CH2OS.2Na/c2*2-1-3;;/h2*1H,(H,2,3);;/q;;2*+1/p-2. The molecule has 0 atom stereocenters. The van der Waals surface area contributed by atoms with Crippen LogP contribution in [0.2, 0.25) is 0 Å². The molecule has 6 heteroatoms. The molecule has 0 fully saturated rings. The summed E-state index contributed by atoms with van der Waals surface area (Å²) in [6, 6.07) is 0. The first-order chi connectivity index (χ1) is 2.83. The normalized spacial score (nSPS) is 3.00. The summed E-state index contributed by atoms with van der Waals surface area (Å²) in [5, 5.41) is 0. The minimum atomic E-state index is 0. The molecule has 0 saturated heterocycles. The summed E-state index contributed by atoms with van der Waals surface area (Å²) in [5.74, 6) is 0. The van der Waals surface area contributed by atoms with Crippen LogP contribution >= 0.6 is 0 Å². The van der Waals surface area contributed by atoms with Crippen LogP contribution in [-0.4, -0.2) is 11.2 Å². The second kappa shape index (κ2) is 37.2. The SMILES string of the molecule is O=C[S-].O=C[S-].[Na+].[Na+]. The Bertz CT molecular complexity index is 37.0. The maximum Gasteiger partial charge on any atom is 1.00 e. The van der Waals surface area contributed by atoms with Crippen molar-refractivity contribution in [3.05, 3.63) is 0 Å². The van der Waals surface area contributed by atoms with Crippen LogP contribution < -0.4 is 59.1 Å². The molecule has 0 bridgehead atoms. The van der Waals surface area contributed by atoms with E-state index >= 15 is 0 Å². The summed E-state index contributed by atoms with van der Waals surface area (Å²) in [7, 11) is 0. The van der Waals surface area contributed by atoms with Crippen molar-refractivity contribution in [2.24, 2.45) is 0 Å². The quantitative estimate of drug-likeness (QED) is 0.205. The zero-order chi connectivity index (χ0) is 5.41. The van der Waals surface area contributed by atoms with E-state index in [0.29, 0.717) is 11.2 Å². The molecule has 36 valence electrons. The molecule has 2 nitrogen and oxygen atoms in total. The van der Waals surface area contributed by atoms with Gasteiger partial charge in [-0.3, -0.25) is 0 Å². The van der Waals surface area contributed by atoms with E-state index in [4.69, 9.17) is 9.59 Å². The first-order valence-electron chi connectivity index (χ1n) is 0.943. The monoisotopic (exact) mass is 168 g/mol. The zero-order valence-electron chi connectivity index (χ0n) is 4.79. The smallest absolute Gasteiger partial charge is 0.746 e. The van der Waals surface area contributed by atoms with Crippen molar-refractivity contribution in [2.45, 2.75) is 0 Å². The first kappa shape index (κ1) is 22.6. The molecule has 0 rings (SSSR count). The Hall–Kier alpha value is 1.78. The first-order valence-corrected chi connectivity index (χ1v) is 1.89. The van der Waals surface area contributed by atoms with Crippen LogP contribution in [0.3, 0.4) is 0 Å². The van der Waals surface area contributed by atoms with Crippen molar-refractivity contribution >= 4 is 36.5 Å². The largest absolute Gasteiger partial charge is 1.00 e. The summed E-state index contributed by atoms with van der Waals surface area (Å²) in [5.41, 5.74) is 0.667. The summed E-state index contributed by atoms with van der Waals surface area (Å²) < 4.78 is 0. The molecular weight excluding hydrogens is 166 g/mol. The van der Waals surface area contributed by atoms with Gasteiger partial charge >= 0.3 is 59.1 Å². The molecule has 0 N–H and O–H groups in total. The van der Waals surface area contributed by atoms with Gasteiger partial charge in [-0.15, -0.1) is 0 Å². The van der Waals surface area contributed by atoms with Crippen molar-refractivity contribution in [3.63, 3.8) is 0 Å². The van der Waals surface area contributed by atoms with Crippen LogP contribution in [0.15, 0.2) is 0 Å². The van der Waals surface area contributed by atoms with E-state index in [1.54, 1.807) is 0 Å². The Labute approximate surface area is 104 Å². The van der Waals surface area contributed by atoms with Crippen LogP contribution in [0.4, 0.5) is 0 Å². The number of rotatable bonds is 0. The van der Waals surface area contributed by atoms with E-state index in [1.807, 2.05) is 0 Å². The molecule has 0 saturated carbocycles. The maximum atomic E-state index is 8.62. The molecule has 0 spiro atoms. The molecule has 0 heterocycles. The van der Waals surface area contributed by atoms with Crippen molar-refractivity contribution < 1.29 is 68.7 Å². The molecule has 0 aromatic rings. The zero-order valence-corrected chi connectivity index (χ0v) is 10.4. The van der Waals surface area contributed by atoms with Crippen LogP contribution in [-0.2, 0) is 34.8 Å². The third-order valence-electron chi connectivity index (χ3n) is 0. The Balaban J connectivity index is -0.0000000160. The summed E-state index contributed by atoms with van der Waals surface area (Å²) in [4.78, 5) is 17.2. The molecule has 0 aliphatic rings. The van der Waals surface area contributed by atoms with Crippen LogP contribution in [0.25, 0.3) is 0 Å². The topological polar surface area (TPSA) is 34.1 Å². The van der Waals surface area contributed by atoms with E-state index in [0.717, 1.165) is 0 Å². The van der Waals surface area contributed by atoms with E-state index in [9.17, 15) is 0 Å². The second-order valence-electron chi connectivity index (χ2n) is 0.192. The third-order valence-corrected chi connectivity index (χ3v) is 0. The molecule has 0 aliphatic carbocycles. The minimum absolute atomic E-state index is 0. The third kappa shape index (κ3) is 113. The second-order valence-corrected chi connectivity index (χ2v) is 0.577. The van der Waals surface area contributed by atoms with Crippen molar-refractivity contribution in [1.29, 1.82) is 0 Å². The fourth-order valence-corrected chi connectivity index (χ4v) is 0. The van der Waals surface area contributed by atoms with Crippen molar-refractivity contribution in [2.75, 3.05) is 0 Å². The fraction of sp³-hybridized carbons (Fsp3) is 0. The molecule has 0 aromatic carbocycles. The Morgan fingerprint density at radius 1 is 0.875 bits per heavy atom. The van der Waals surface area contributed by atoms with Gasteiger partial charge in [-0.05, 0) is 11.2 Å².